The van der Waals surface area contributed by atoms with Gasteiger partial charge in [0.15, 0.2) is 5.78 Å². The summed E-state index contributed by atoms with van der Waals surface area (Å²) >= 11 is 0. The van der Waals surface area contributed by atoms with Gasteiger partial charge in [0.05, 0.1) is 0 Å². The first-order valence-electron chi connectivity index (χ1n) is 12.3. The molecule has 1 aromatic rings. The minimum atomic E-state index is -3.67. The van der Waals surface area contributed by atoms with Crippen molar-refractivity contribution in [2.24, 2.45) is 34.5 Å². The predicted molar refractivity (Wildman–Crippen MR) is 126 cm³/mol. The second-order valence-electron chi connectivity index (χ2n) is 10.7. The third-order valence-electron chi connectivity index (χ3n) is 8.88. The number of alkyl halides is 3. The first-order valence-corrected chi connectivity index (χ1v) is 12.3. The molecule has 4 nitrogen and oxygen atoms in total. The minimum absolute atomic E-state index is 0.0371. The maximum atomic E-state index is 13.6. The smallest absolute Gasteiger partial charge is 0.352 e. The summed E-state index contributed by atoms with van der Waals surface area (Å²) in [5.74, 6) is 0.894. The second-order valence-corrected chi connectivity index (χ2v) is 10.7. The number of hydrogen-bond acceptors (Lipinski definition) is 3. The average molecular weight is 488 g/mol. The van der Waals surface area contributed by atoms with Gasteiger partial charge in [-0.1, -0.05) is 55.8 Å². The van der Waals surface area contributed by atoms with Crippen molar-refractivity contribution in [1.82, 2.24) is 5.32 Å². The predicted octanol–water partition coefficient (Wildman–Crippen LogP) is 5.58. The van der Waals surface area contributed by atoms with Crippen LogP contribution in [0.4, 0.5) is 13.2 Å². The van der Waals surface area contributed by atoms with Crippen LogP contribution in [0.15, 0.2) is 54.1 Å². The summed E-state index contributed by atoms with van der Waals surface area (Å²) in [6.07, 6.45) is 9.52. The molecule has 4 aliphatic carbocycles. The fraction of sp³-hybridized carbons (Fsp3) is 0.536. The van der Waals surface area contributed by atoms with Gasteiger partial charge < -0.3 is 5.32 Å². The van der Waals surface area contributed by atoms with E-state index < -0.39 is 6.68 Å². The van der Waals surface area contributed by atoms with Crippen molar-refractivity contribution in [1.29, 1.82) is 0 Å². The minimum Gasteiger partial charge on any atom is -0.352 e. The van der Waals surface area contributed by atoms with Gasteiger partial charge in [-0.05, 0) is 60.6 Å². The molecule has 6 atom stereocenters. The summed E-state index contributed by atoms with van der Waals surface area (Å²) in [4.78, 5) is 38.7. The standard InChI is InChI=1S/C27H31NO3.CHF3/c1-26-13-12-19(29)14-18(26)8-9-20-21-10-11-22(27(21,2)15-23(30)24(20)26)25(31)28-16-17-6-4-3-5-7-17;2-1(3)4/h3-7,12-14,20-22,24H,8-11,15-16H2,1-2H3,(H,28,31);1H. The van der Waals surface area contributed by atoms with E-state index in [1.54, 1.807) is 12.2 Å². The molecule has 5 rings (SSSR count). The highest BCUT2D eigenvalue weighted by molar-refractivity contribution is 6.01. The number of amides is 1. The Bertz CT molecular complexity index is 1050. The van der Waals surface area contributed by atoms with Crippen LogP contribution in [0, 0.1) is 34.5 Å². The molecule has 0 aromatic heterocycles. The molecule has 0 aliphatic heterocycles. The van der Waals surface area contributed by atoms with Crippen LogP contribution in [-0.4, -0.2) is 24.2 Å². The number of ketones is 2. The van der Waals surface area contributed by atoms with Gasteiger partial charge in [-0.15, -0.1) is 0 Å². The number of carbonyl (C=O) groups is 3. The van der Waals surface area contributed by atoms with Crippen molar-refractivity contribution in [3.63, 3.8) is 0 Å². The van der Waals surface area contributed by atoms with Crippen LogP contribution in [0.2, 0.25) is 0 Å². The Balaban J connectivity index is 0.000000672. The van der Waals surface area contributed by atoms with Gasteiger partial charge in [-0.25, -0.2) is 0 Å². The highest BCUT2D eigenvalue weighted by Gasteiger charge is 2.62. The summed E-state index contributed by atoms with van der Waals surface area (Å²) in [5.41, 5.74) is 1.59. The highest BCUT2D eigenvalue weighted by Crippen LogP contribution is 2.64. The van der Waals surface area contributed by atoms with Crippen LogP contribution >= 0.6 is 0 Å². The lowest BCUT2D eigenvalue weighted by atomic mass is 9.47. The average Bonchev–Trinajstić information content (AvgIpc) is 3.14. The zero-order chi connectivity index (χ0) is 25.4. The molecule has 3 fully saturated rings. The van der Waals surface area contributed by atoms with E-state index in [0.29, 0.717) is 18.9 Å². The van der Waals surface area contributed by atoms with Crippen LogP contribution in [0.5, 0.6) is 0 Å². The summed E-state index contributed by atoms with van der Waals surface area (Å²) in [7, 11) is 0. The molecule has 188 valence electrons. The molecule has 0 spiro atoms. The van der Waals surface area contributed by atoms with E-state index in [2.05, 4.69) is 19.2 Å². The molecule has 4 aliphatic rings. The lowest BCUT2D eigenvalue weighted by Crippen LogP contribution is -2.55. The van der Waals surface area contributed by atoms with E-state index in [-0.39, 0.29) is 46.1 Å². The Morgan fingerprint density at radius 1 is 1.09 bits per heavy atom. The maximum absolute atomic E-state index is 13.6. The van der Waals surface area contributed by atoms with Crippen LogP contribution in [0.25, 0.3) is 0 Å². The molecular weight excluding hydrogens is 455 g/mol. The Morgan fingerprint density at radius 2 is 1.77 bits per heavy atom. The molecule has 1 amide bonds. The maximum Gasteiger partial charge on any atom is 0.379 e. The molecule has 1 N–H and O–H groups in total. The molecule has 0 saturated heterocycles. The number of carbonyl (C=O) groups excluding carboxylic acids is 3. The number of hydrogen-bond donors (Lipinski definition) is 1. The zero-order valence-electron chi connectivity index (χ0n) is 20.1. The number of Topliss-reactive ketones (excluding diaryl/α,β-unsaturated/α-hetero) is 1. The van der Waals surface area contributed by atoms with Crippen LogP contribution in [0.1, 0.15) is 51.5 Å². The van der Waals surface area contributed by atoms with Crippen molar-refractivity contribution in [3.05, 3.63) is 59.7 Å². The number of fused-ring (bicyclic) bond motifs is 5. The highest BCUT2D eigenvalue weighted by atomic mass is 19.4. The van der Waals surface area contributed by atoms with E-state index >= 15 is 0 Å². The first kappa shape index (κ1) is 25.4. The zero-order valence-corrected chi connectivity index (χ0v) is 20.1. The Morgan fingerprint density at radius 3 is 2.46 bits per heavy atom. The van der Waals surface area contributed by atoms with Crippen LogP contribution in [-0.2, 0) is 20.9 Å². The van der Waals surface area contributed by atoms with Crippen molar-refractivity contribution in [2.45, 2.75) is 59.2 Å². The molecular formula is C28H32F3NO3. The van der Waals surface area contributed by atoms with Gasteiger partial charge in [0.2, 0.25) is 5.91 Å². The first-order chi connectivity index (χ1) is 16.6. The number of nitrogens with one attached hydrogen (secondary N) is 1. The fourth-order valence-corrected chi connectivity index (χ4v) is 7.37. The molecule has 7 heteroatoms. The lowest BCUT2D eigenvalue weighted by Gasteiger charge is -2.55. The molecule has 35 heavy (non-hydrogen) atoms. The van der Waals surface area contributed by atoms with Gasteiger partial charge in [0, 0.05) is 30.2 Å². The summed E-state index contributed by atoms with van der Waals surface area (Å²) < 4.78 is 29.0. The Hall–Kier alpha value is -2.70. The number of allylic oxidation sites excluding steroid dienone is 4. The molecule has 6 unspecified atom stereocenters. The van der Waals surface area contributed by atoms with Crippen molar-refractivity contribution >= 4 is 17.5 Å². The van der Waals surface area contributed by atoms with Crippen LogP contribution in [0.3, 0.4) is 0 Å². The van der Waals surface area contributed by atoms with Gasteiger partial charge in [0.25, 0.3) is 0 Å². The largest absolute Gasteiger partial charge is 0.379 e. The number of benzene rings is 1. The Kier molecular flexibility index (Phi) is 7.07. The van der Waals surface area contributed by atoms with Crippen molar-refractivity contribution in [2.75, 3.05) is 0 Å². The quantitative estimate of drug-likeness (QED) is 0.605. The second kappa shape index (κ2) is 9.75. The van der Waals surface area contributed by atoms with Crippen molar-refractivity contribution in [3.8, 4) is 0 Å². The molecule has 0 radical (unpaired) electrons. The monoisotopic (exact) mass is 487 g/mol. The molecule has 0 bridgehead atoms. The Labute approximate surface area is 204 Å². The van der Waals surface area contributed by atoms with E-state index in [4.69, 9.17) is 0 Å². The number of halogens is 3. The summed E-state index contributed by atoms with van der Waals surface area (Å²) in [6.45, 7) is 1.18. The van der Waals surface area contributed by atoms with E-state index in [9.17, 15) is 27.6 Å². The van der Waals surface area contributed by atoms with E-state index in [0.717, 1.165) is 36.8 Å². The van der Waals surface area contributed by atoms with Gasteiger partial charge in [0.1, 0.15) is 5.78 Å². The summed E-state index contributed by atoms with van der Waals surface area (Å²) in [6, 6.07) is 9.97. The molecule has 1 aromatic carbocycles. The third kappa shape index (κ3) is 4.74. The van der Waals surface area contributed by atoms with Gasteiger partial charge in [-0.2, -0.15) is 13.2 Å². The van der Waals surface area contributed by atoms with E-state index in [1.165, 1.54) is 0 Å². The summed E-state index contributed by atoms with van der Waals surface area (Å²) in [5, 5.41) is 3.14. The normalized spacial score (nSPS) is 35.3. The van der Waals surface area contributed by atoms with Crippen molar-refractivity contribution < 1.29 is 27.6 Å². The van der Waals surface area contributed by atoms with Gasteiger partial charge >= 0.3 is 6.68 Å². The van der Waals surface area contributed by atoms with Crippen LogP contribution < -0.4 is 5.32 Å². The fourth-order valence-electron chi connectivity index (χ4n) is 7.37. The number of rotatable bonds is 3. The lowest BCUT2D eigenvalue weighted by molar-refractivity contribution is -0.146. The molecule has 3 saturated carbocycles. The SMILES string of the molecule is CC12C=CC(=O)C=C1CCC1C2C(=O)CC2(C)C(C(=O)NCc3ccccc3)CCC12.FC(F)F. The third-order valence-corrected chi connectivity index (χ3v) is 8.88. The van der Waals surface area contributed by atoms with E-state index in [1.807, 2.05) is 36.4 Å². The van der Waals surface area contributed by atoms with Gasteiger partial charge in [-0.3, -0.25) is 14.4 Å². The topological polar surface area (TPSA) is 63.2 Å². The molecule has 0 heterocycles.